The van der Waals surface area contributed by atoms with Crippen molar-refractivity contribution in [3.63, 3.8) is 0 Å². The van der Waals surface area contributed by atoms with E-state index in [-0.39, 0.29) is 0 Å². The minimum Gasteiger partial charge on any atom is -0.493 e. The molecule has 5 heteroatoms. The van der Waals surface area contributed by atoms with Crippen LogP contribution in [0.4, 0.5) is 0 Å². The molecule has 1 rings (SSSR count). The van der Waals surface area contributed by atoms with E-state index >= 15 is 0 Å². The molecule has 0 spiro atoms. The zero-order valence-corrected chi connectivity index (χ0v) is 11.0. The standard InChI is InChI=1S/C13H18O5/c1-8(13(15)18-4)11(14)9-6-5-7-10(16-2)12(9)17-3/h5-8,11,14H,1-4H3. The summed E-state index contributed by atoms with van der Waals surface area (Å²) in [6, 6.07) is 5.13. The predicted molar refractivity (Wildman–Crippen MR) is 65.7 cm³/mol. The Labute approximate surface area is 106 Å². The Bertz CT molecular complexity index is 416. The second-order valence-corrected chi connectivity index (χ2v) is 3.84. The smallest absolute Gasteiger partial charge is 0.311 e. The van der Waals surface area contributed by atoms with E-state index in [1.165, 1.54) is 21.3 Å². The van der Waals surface area contributed by atoms with Crippen LogP contribution in [0.15, 0.2) is 18.2 Å². The fraction of sp³-hybridized carbons (Fsp3) is 0.462. The molecule has 2 atom stereocenters. The molecule has 5 nitrogen and oxygen atoms in total. The highest BCUT2D eigenvalue weighted by Crippen LogP contribution is 2.37. The summed E-state index contributed by atoms with van der Waals surface area (Å²) in [5, 5.41) is 10.2. The maximum Gasteiger partial charge on any atom is 0.311 e. The topological polar surface area (TPSA) is 65.0 Å². The molecule has 0 aliphatic carbocycles. The zero-order valence-electron chi connectivity index (χ0n) is 11.0. The third-order valence-electron chi connectivity index (χ3n) is 2.80. The molecule has 18 heavy (non-hydrogen) atoms. The first-order valence-electron chi connectivity index (χ1n) is 5.53. The number of para-hydroxylation sites is 1. The van der Waals surface area contributed by atoms with Crippen LogP contribution in [0, 0.1) is 5.92 Å². The van der Waals surface area contributed by atoms with Crippen molar-refractivity contribution in [1.29, 1.82) is 0 Å². The maximum absolute atomic E-state index is 11.4. The summed E-state index contributed by atoms with van der Waals surface area (Å²) < 4.78 is 15.0. The van der Waals surface area contributed by atoms with Crippen molar-refractivity contribution in [1.82, 2.24) is 0 Å². The van der Waals surface area contributed by atoms with Gasteiger partial charge in [0.25, 0.3) is 0 Å². The summed E-state index contributed by atoms with van der Waals surface area (Å²) in [6.45, 7) is 1.59. The van der Waals surface area contributed by atoms with Crippen molar-refractivity contribution in [3.8, 4) is 11.5 Å². The molecule has 0 heterocycles. The minimum absolute atomic E-state index is 0.420. The van der Waals surface area contributed by atoms with Gasteiger partial charge in [-0.05, 0) is 13.0 Å². The van der Waals surface area contributed by atoms with Crippen LogP contribution in [0.25, 0.3) is 0 Å². The summed E-state index contributed by atoms with van der Waals surface area (Å²) in [5.74, 6) is -0.238. The zero-order chi connectivity index (χ0) is 13.7. The average molecular weight is 254 g/mol. The number of carbonyl (C=O) groups excluding carboxylic acids is 1. The van der Waals surface area contributed by atoms with Gasteiger partial charge in [-0.25, -0.2) is 0 Å². The van der Waals surface area contributed by atoms with Gasteiger partial charge in [-0.1, -0.05) is 12.1 Å². The first-order chi connectivity index (χ1) is 8.56. The predicted octanol–water partition coefficient (Wildman–Crippen LogP) is 1.55. The van der Waals surface area contributed by atoms with E-state index in [4.69, 9.17) is 9.47 Å². The summed E-state index contributed by atoms with van der Waals surface area (Å²) in [5.41, 5.74) is 0.495. The Hall–Kier alpha value is -1.75. The SMILES string of the molecule is COC(=O)C(C)C(O)c1cccc(OC)c1OC. The third kappa shape index (κ3) is 2.73. The highest BCUT2D eigenvalue weighted by atomic mass is 16.5. The van der Waals surface area contributed by atoms with E-state index in [2.05, 4.69) is 4.74 Å². The average Bonchev–Trinajstić information content (AvgIpc) is 2.43. The summed E-state index contributed by atoms with van der Waals surface area (Å²) in [7, 11) is 4.28. The lowest BCUT2D eigenvalue weighted by molar-refractivity contribution is -0.148. The second kappa shape index (κ2) is 6.26. The first kappa shape index (κ1) is 14.3. The normalized spacial score (nSPS) is 13.6. The lowest BCUT2D eigenvalue weighted by Gasteiger charge is -2.20. The van der Waals surface area contributed by atoms with Crippen LogP contribution in [0.1, 0.15) is 18.6 Å². The molecule has 0 saturated heterocycles. The number of methoxy groups -OCH3 is 3. The van der Waals surface area contributed by atoms with Crippen molar-refractivity contribution in [2.24, 2.45) is 5.92 Å². The van der Waals surface area contributed by atoms with Crippen LogP contribution in [-0.2, 0) is 9.53 Å². The van der Waals surface area contributed by atoms with Gasteiger partial charge in [0.15, 0.2) is 11.5 Å². The Morgan fingerprint density at radius 2 is 1.89 bits per heavy atom. The van der Waals surface area contributed by atoms with Gasteiger partial charge < -0.3 is 19.3 Å². The molecule has 2 unspecified atom stereocenters. The number of rotatable bonds is 5. The van der Waals surface area contributed by atoms with Gasteiger partial charge in [-0.15, -0.1) is 0 Å². The van der Waals surface area contributed by atoms with Crippen molar-refractivity contribution in [3.05, 3.63) is 23.8 Å². The van der Waals surface area contributed by atoms with Gasteiger partial charge in [0.05, 0.1) is 33.4 Å². The Kier molecular flexibility index (Phi) is 4.97. The molecule has 0 fully saturated rings. The van der Waals surface area contributed by atoms with E-state index in [0.717, 1.165) is 0 Å². The highest BCUT2D eigenvalue weighted by Gasteiger charge is 2.27. The van der Waals surface area contributed by atoms with E-state index in [9.17, 15) is 9.90 Å². The van der Waals surface area contributed by atoms with Crippen LogP contribution in [0.5, 0.6) is 11.5 Å². The Morgan fingerprint density at radius 1 is 1.22 bits per heavy atom. The highest BCUT2D eigenvalue weighted by molar-refractivity contribution is 5.73. The lowest BCUT2D eigenvalue weighted by Crippen LogP contribution is -2.21. The molecule has 0 bridgehead atoms. The van der Waals surface area contributed by atoms with Gasteiger partial charge in [0.2, 0.25) is 0 Å². The first-order valence-corrected chi connectivity index (χ1v) is 5.53. The van der Waals surface area contributed by atoms with Gasteiger partial charge >= 0.3 is 5.97 Å². The van der Waals surface area contributed by atoms with Crippen LogP contribution < -0.4 is 9.47 Å². The molecule has 0 aliphatic rings. The Morgan fingerprint density at radius 3 is 2.39 bits per heavy atom. The summed E-state index contributed by atoms with van der Waals surface area (Å²) in [4.78, 5) is 11.4. The van der Waals surface area contributed by atoms with Crippen molar-refractivity contribution in [2.45, 2.75) is 13.0 Å². The van der Waals surface area contributed by atoms with Gasteiger partial charge in [-0.3, -0.25) is 4.79 Å². The molecule has 100 valence electrons. The third-order valence-corrected chi connectivity index (χ3v) is 2.80. The molecule has 0 aromatic heterocycles. The molecule has 0 radical (unpaired) electrons. The molecule has 1 aromatic rings. The second-order valence-electron chi connectivity index (χ2n) is 3.84. The number of benzene rings is 1. The van der Waals surface area contributed by atoms with Crippen molar-refractivity contribution >= 4 is 5.97 Å². The molecular formula is C13H18O5. The quantitative estimate of drug-likeness (QED) is 0.807. The minimum atomic E-state index is -1.01. The number of hydrogen-bond donors (Lipinski definition) is 1. The lowest BCUT2D eigenvalue weighted by atomic mass is 9.96. The molecule has 1 aromatic carbocycles. The van der Waals surface area contributed by atoms with Crippen molar-refractivity contribution < 1.29 is 24.1 Å². The van der Waals surface area contributed by atoms with Gasteiger partial charge in [-0.2, -0.15) is 0 Å². The van der Waals surface area contributed by atoms with Gasteiger partial charge in [0, 0.05) is 5.56 Å². The number of ether oxygens (including phenoxy) is 3. The monoisotopic (exact) mass is 254 g/mol. The van der Waals surface area contributed by atoms with E-state index in [0.29, 0.717) is 17.1 Å². The molecule has 1 N–H and O–H groups in total. The Balaban J connectivity index is 3.12. The number of carbonyl (C=O) groups is 1. The fourth-order valence-corrected chi connectivity index (χ4v) is 1.73. The summed E-state index contributed by atoms with van der Waals surface area (Å²) in [6.07, 6.45) is -1.01. The number of aliphatic hydroxyl groups is 1. The number of hydrogen-bond acceptors (Lipinski definition) is 5. The largest absolute Gasteiger partial charge is 0.493 e. The van der Waals surface area contributed by atoms with Crippen LogP contribution in [0.2, 0.25) is 0 Å². The van der Waals surface area contributed by atoms with Crippen LogP contribution in [0.3, 0.4) is 0 Å². The van der Waals surface area contributed by atoms with Crippen LogP contribution in [-0.4, -0.2) is 32.4 Å². The number of aliphatic hydroxyl groups excluding tert-OH is 1. The van der Waals surface area contributed by atoms with E-state index in [1.807, 2.05) is 0 Å². The molecule has 0 saturated carbocycles. The van der Waals surface area contributed by atoms with E-state index < -0.39 is 18.0 Å². The van der Waals surface area contributed by atoms with Gasteiger partial charge in [0.1, 0.15) is 0 Å². The number of esters is 1. The maximum atomic E-state index is 11.4. The fourth-order valence-electron chi connectivity index (χ4n) is 1.73. The summed E-state index contributed by atoms with van der Waals surface area (Å²) >= 11 is 0. The van der Waals surface area contributed by atoms with Crippen molar-refractivity contribution in [2.75, 3.05) is 21.3 Å². The molecule has 0 aliphatic heterocycles. The molecular weight excluding hydrogens is 236 g/mol. The van der Waals surface area contributed by atoms with E-state index in [1.54, 1.807) is 25.1 Å². The van der Waals surface area contributed by atoms with Crippen LogP contribution >= 0.6 is 0 Å². The molecule has 0 amide bonds.